The molecule has 3 N–H and O–H groups in total. The topological polar surface area (TPSA) is 86.9 Å². The smallest absolute Gasteiger partial charge is 0.258 e. The molecular weight excluding hydrogens is 296 g/mol. The van der Waals surface area contributed by atoms with Crippen LogP contribution in [0, 0.1) is 0 Å². The van der Waals surface area contributed by atoms with Crippen LogP contribution in [0.15, 0.2) is 28.0 Å². The van der Waals surface area contributed by atoms with Crippen molar-refractivity contribution < 1.29 is 8.42 Å². The van der Waals surface area contributed by atoms with Gasteiger partial charge in [-0.25, -0.2) is 13.1 Å². The largest absolute Gasteiger partial charge is 0.316 e. The van der Waals surface area contributed by atoms with Crippen LogP contribution < -0.4 is 10.0 Å². The van der Waals surface area contributed by atoms with Gasteiger partial charge in [-0.15, -0.1) is 0 Å². The zero-order valence-corrected chi connectivity index (χ0v) is 13.0. The average molecular weight is 314 g/mol. The molecule has 0 spiro atoms. The second-order valence-electron chi connectivity index (χ2n) is 4.61. The molecule has 0 fully saturated rings. The molecule has 0 aliphatic carbocycles. The van der Waals surface area contributed by atoms with Crippen molar-refractivity contribution in [3.05, 3.63) is 34.2 Å². The van der Waals surface area contributed by atoms with Crippen molar-refractivity contribution in [1.82, 2.24) is 20.2 Å². The zero-order valence-electron chi connectivity index (χ0n) is 11.4. The maximum atomic E-state index is 12.3. The first-order chi connectivity index (χ1) is 9.53. The van der Waals surface area contributed by atoms with Gasteiger partial charge in [0.25, 0.3) is 10.0 Å². The maximum absolute atomic E-state index is 12.3. The van der Waals surface area contributed by atoms with E-state index in [1.807, 2.05) is 23.8 Å². The zero-order chi connectivity index (χ0) is 14.6. The first-order valence-corrected chi connectivity index (χ1v) is 8.66. The number of rotatable bonds is 7. The molecule has 2 aromatic rings. The van der Waals surface area contributed by atoms with Gasteiger partial charge in [-0.1, -0.05) is 0 Å². The number of aromatic nitrogens is 2. The number of nitrogens with zero attached hydrogens (tertiary/aromatic N) is 1. The SMILES string of the molecule is CNCc1cn[nH]c1S(=O)(=O)NC(C)Cc1ccsc1. The van der Waals surface area contributed by atoms with Crippen LogP contribution in [0.2, 0.25) is 0 Å². The van der Waals surface area contributed by atoms with Crippen LogP contribution in [-0.4, -0.2) is 31.7 Å². The lowest BCUT2D eigenvalue weighted by molar-refractivity contribution is 0.554. The van der Waals surface area contributed by atoms with Gasteiger partial charge in [0.05, 0.1) is 6.20 Å². The Bertz CT molecular complexity index is 634. The number of nitrogens with one attached hydrogen (secondary N) is 3. The summed E-state index contributed by atoms with van der Waals surface area (Å²) in [4.78, 5) is 0. The van der Waals surface area contributed by atoms with Crippen LogP contribution in [0.25, 0.3) is 0 Å². The highest BCUT2D eigenvalue weighted by Crippen LogP contribution is 2.14. The van der Waals surface area contributed by atoms with E-state index in [2.05, 4.69) is 20.2 Å². The Balaban J connectivity index is 2.08. The fourth-order valence-corrected chi connectivity index (χ4v) is 4.03. The third-order valence-corrected chi connectivity index (χ3v) is 5.13. The van der Waals surface area contributed by atoms with E-state index < -0.39 is 10.0 Å². The summed E-state index contributed by atoms with van der Waals surface area (Å²) in [6.45, 7) is 2.30. The van der Waals surface area contributed by atoms with Crippen LogP contribution in [-0.2, 0) is 23.0 Å². The lowest BCUT2D eigenvalue weighted by atomic mass is 10.1. The van der Waals surface area contributed by atoms with E-state index in [4.69, 9.17) is 0 Å². The van der Waals surface area contributed by atoms with Gasteiger partial charge in [0.1, 0.15) is 0 Å². The Morgan fingerprint density at radius 2 is 2.30 bits per heavy atom. The predicted molar refractivity (Wildman–Crippen MR) is 79.2 cm³/mol. The molecule has 6 nitrogen and oxygen atoms in total. The molecule has 0 saturated heterocycles. The molecule has 2 aromatic heterocycles. The quantitative estimate of drug-likeness (QED) is 0.714. The lowest BCUT2D eigenvalue weighted by Gasteiger charge is -2.13. The first-order valence-electron chi connectivity index (χ1n) is 6.23. The van der Waals surface area contributed by atoms with E-state index in [0.717, 1.165) is 5.56 Å². The van der Waals surface area contributed by atoms with Crippen molar-refractivity contribution in [3.63, 3.8) is 0 Å². The molecule has 0 radical (unpaired) electrons. The Morgan fingerprint density at radius 1 is 1.50 bits per heavy atom. The van der Waals surface area contributed by atoms with Gasteiger partial charge in [-0.2, -0.15) is 16.4 Å². The standard InChI is InChI=1S/C12H18N4O2S2/c1-9(5-10-3-4-19-8-10)16-20(17,18)12-11(6-13-2)7-14-15-12/h3-4,7-9,13,16H,5-6H2,1-2H3,(H,14,15). The molecule has 0 aromatic carbocycles. The van der Waals surface area contributed by atoms with Crippen molar-refractivity contribution in [2.75, 3.05) is 7.05 Å². The number of hydrogen-bond donors (Lipinski definition) is 3. The van der Waals surface area contributed by atoms with E-state index >= 15 is 0 Å². The molecular formula is C12H18N4O2S2. The monoisotopic (exact) mass is 314 g/mol. The van der Waals surface area contributed by atoms with Crippen molar-refractivity contribution in [1.29, 1.82) is 0 Å². The van der Waals surface area contributed by atoms with E-state index in [9.17, 15) is 8.42 Å². The second-order valence-corrected chi connectivity index (χ2v) is 7.04. The molecule has 1 unspecified atom stereocenters. The van der Waals surface area contributed by atoms with E-state index in [1.54, 1.807) is 18.4 Å². The predicted octanol–water partition coefficient (Wildman–Crippen LogP) is 1.10. The van der Waals surface area contributed by atoms with Gasteiger partial charge in [0.15, 0.2) is 5.03 Å². The van der Waals surface area contributed by atoms with Crippen molar-refractivity contribution in [2.45, 2.75) is 31.0 Å². The van der Waals surface area contributed by atoms with Gasteiger partial charge in [-0.3, -0.25) is 5.10 Å². The Morgan fingerprint density at radius 3 is 2.95 bits per heavy atom. The van der Waals surface area contributed by atoms with Gasteiger partial charge in [-0.05, 0) is 42.8 Å². The molecule has 0 amide bonds. The van der Waals surface area contributed by atoms with Crippen molar-refractivity contribution >= 4 is 21.4 Å². The van der Waals surface area contributed by atoms with E-state index in [-0.39, 0.29) is 11.1 Å². The highest BCUT2D eigenvalue weighted by molar-refractivity contribution is 7.89. The van der Waals surface area contributed by atoms with Gasteiger partial charge in [0, 0.05) is 18.2 Å². The number of thiophene rings is 1. The number of aromatic amines is 1. The molecule has 2 heterocycles. The molecule has 1 atom stereocenters. The van der Waals surface area contributed by atoms with Crippen molar-refractivity contribution in [3.8, 4) is 0 Å². The van der Waals surface area contributed by atoms with Crippen molar-refractivity contribution in [2.24, 2.45) is 0 Å². The summed E-state index contributed by atoms with van der Waals surface area (Å²) in [7, 11) is -1.82. The Kier molecular flexibility index (Phi) is 4.92. The fraction of sp³-hybridized carbons (Fsp3) is 0.417. The highest BCUT2D eigenvalue weighted by atomic mass is 32.2. The summed E-state index contributed by atoms with van der Waals surface area (Å²) in [6.07, 6.45) is 2.19. The summed E-state index contributed by atoms with van der Waals surface area (Å²) in [5.41, 5.74) is 1.76. The Hall–Kier alpha value is -1.22. The third kappa shape index (κ3) is 3.66. The summed E-state index contributed by atoms with van der Waals surface area (Å²) < 4.78 is 27.3. The molecule has 0 aliphatic heterocycles. The first kappa shape index (κ1) is 15.2. The molecule has 0 saturated carbocycles. The summed E-state index contributed by atoms with van der Waals surface area (Å²) >= 11 is 1.60. The van der Waals surface area contributed by atoms with Gasteiger partial charge in [0.2, 0.25) is 0 Å². The highest BCUT2D eigenvalue weighted by Gasteiger charge is 2.22. The van der Waals surface area contributed by atoms with Gasteiger partial charge >= 0.3 is 0 Å². The Labute approximate surface area is 122 Å². The molecule has 20 heavy (non-hydrogen) atoms. The number of hydrogen-bond acceptors (Lipinski definition) is 5. The molecule has 0 aliphatic rings. The summed E-state index contributed by atoms with van der Waals surface area (Å²) in [5, 5.41) is 13.4. The minimum Gasteiger partial charge on any atom is -0.316 e. The molecule has 2 rings (SSSR count). The van der Waals surface area contributed by atoms with Crippen LogP contribution in [0.3, 0.4) is 0 Å². The third-order valence-electron chi connectivity index (χ3n) is 2.79. The van der Waals surface area contributed by atoms with E-state index in [0.29, 0.717) is 18.5 Å². The number of H-pyrrole nitrogens is 1. The molecule has 110 valence electrons. The van der Waals surface area contributed by atoms with Crippen LogP contribution in [0.1, 0.15) is 18.1 Å². The number of sulfonamides is 1. The molecule has 8 heteroatoms. The van der Waals surface area contributed by atoms with Gasteiger partial charge < -0.3 is 5.32 Å². The van der Waals surface area contributed by atoms with Crippen LogP contribution >= 0.6 is 11.3 Å². The fourth-order valence-electron chi connectivity index (χ4n) is 1.98. The summed E-state index contributed by atoms with van der Waals surface area (Å²) in [6, 6.07) is 1.82. The normalized spacial score (nSPS) is 13.5. The van der Waals surface area contributed by atoms with Crippen LogP contribution in [0.5, 0.6) is 0 Å². The lowest BCUT2D eigenvalue weighted by Crippen LogP contribution is -2.34. The minimum atomic E-state index is -3.58. The second kappa shape index (κ2) is 6.49. The van der Waals surface area contributed by atoms with E-state index in [1.165, 1.54) is 6.20 Å². The average Bonchev–Trinajstić information content (AvgIpc) is 2.99. The summed E-state index contributed by atoms with van der Waals surface area (Å²) in [5.74, 6) is 0. The van der Waals surface area contributed by atoms with Crippen LogP contribution in [0.4, 0.5) is 0 Å². The minimum absolute atomic E-state index is 0.129. The maximum Gasteiger partial charge on any atom is 0.258 e. The molecule has 0 bridgehead atoms.